The van der Waals surface area contributed by atoms with Crippen LogP contribution in [-0.4, -0.2) is 53.7 Å². The minimum Gasteiger partial charge on any atom is -0.369 e. The average molecular weight is 448 g/mol. The van der Waals surface area contributed by atoms with Crippen LogP contribution in [0.2, 0.25) is 0 Å². The van der Waals surface area contributed by atoms with Gasteiger partial charge in [0.25, 0.3) is 5.91 Å². The summed E-state index contributed by atoms with van der Waals surface area (Å²) < 4.78 is 0. The van der Waals surface area contributed by atoms with Crippen LogP contribution in [0.1, 0.15) is 60.0 Å². The molecule has 2 fully saturated rings. The molecule has 0 aliphatic carbocycles. The van der Waals surface area contributed by atoms with Crippen LogP contribution in [0.3, 0.4) is 0 Å². The molecular formula is C27H33N3O3. The van der Waals surface area contributed by atoms with Gasteiger partial charge in [-0.3, -0.25) is 14.4 Å². The Morgan fingerprint density at radius 1 is 0.939 bits per heavy atom. The summed E-state index contributed by atoms with van der Waals surface area (Å²) in [5.41, 5.74) is 8.33. The zero-order valence-electron chi connectivity index (χ0n) is 19.3. The maximum Gasteiger partial charge on any atom is 0.253 e. The number of carbonyl (C=O) groups excluding carboxylic acids is 3. The van der Waals surface area contributed by atoms with Gasteiger partial charge in [0.15, 0.2) is 0 Å². The van der Waals surface area contributed by atoms with Crippen molar-refractivity contribution in [2.45, 2.75) is 44.9 Å². The summed E-state index contributed by atoms with van der Waals surface area (Å²) in [7, 11) is 0. The number of carbonyl (C=O) groups is 3. The van der Waals surface area contributed by atoms with Crippen molar-refractivity contribution in [1.82, 2.24) is 9.80 Å². The van der Waals surface area contributed by atoms with Crippen molar-refractivity contribution in [2.24, 2.45) is 11.1 Å². The standard InChI is InChI=1S/C27H33N3O3/c1-20(31)30-15-7-11-23(19-30)24-12-6-5-10-22(24)18-27(26(28)33)13-16-29(17-14-27)25(32)21-8-3-2-4-9-21/h2-6,8-10,12,23H,7,11,13-19H2,1H3,(H2,28,33). The first-order valence-corrected chi connectivity index (χ1v) is 11.9. The number of piperidine rings is 2. The molecule has 0 aromatic heterocycles. The Hall–Kier alpha value is -3.15. The number of benzene rings is 2. The molecule has 3 amide bonds. The molecule has 0 bridgehead atoms. The molecule has 4 rings (SSSR count). The maximum atomic E-state index is 12.9. The first-order valence-electron chi connectivity index (χ1n) is 11.9. The minimum atomic E-state index is -0.668. The molecule has 6 nitrogen and oxygen atoms in total. The number of amides is 3. The van der Waals surface area contributed by atoms with Gasteiger partial charge in [-0.15, -0.1) is 0 Å². The summed E-state index contributed by atoms with van der Waals surface area (Å²) in [4.78, 5) is 41.3. The van der Waals surface area contributed by atoms with Crippen molar-refractivity contribution < 1.29 is 14.4 Å². The van der Waals surface area contributed by atoms with Gasteiger partial charge in [-0.1, -0.05) is 42.5 Å². The van der Waals surface area contributed by atoms with E-state index in [4.69, 9.17) is 5.73 Å². The van der Waals surface area contributed by atoms with E-state index in [9.17, 15) is 14.4 Å². The molecule has 2 heterocycles. The predicted octanol–water partition coefficient (Wildman–Crippen LogP) is 3.36. The second-order valence-corrected chi connectivity index (χ2v) is 9.48. The molecule has 0 saturated carbocycles. The molecule has 0 radical (unpaired) electrons. The number of likely N-dealkylation sites (tertiary alicyclic amines) is 2. The van der Waals surface area contributed by atoms with Crippen molar-refractivity contribution in [2.75, 3.05) is 26.2 Å². The molecule has 2 aromatic carbocycles. The smallest absolute Gasteiger partial charge is 0.253 e. The molecule has 174 valence electrons. The van der Waals surface area contributed by atoms with Crippen LogP contribution in [0, 0.1) is 5.41 Å². The van der Waals surface area contributed by atoms with Crippen LogP contribution in [0.4, 0.5) is 0 Å². The number of nitrogens with zero attached hydrogens (tertiary/aromatic N) is 2. The largest absolute Gasteiger partial charge is 0.369 e. The minimum absolute atomic E-state index is 0.000556. The average Bonchev–Trinajstić information content (AvgIpc) is 2.85. The zero-order chi connectivity index (χ0) is 23.4. The Bertz CT molecular complexity index is 1010. The third-order valence-corrected chi connectivity index (χ3v) is 7.44. The van der Waals surface area contributed by atoms with E-state index < -0.39 is 5.41 Å². The molecule has 2 N–H and O–H groups in total. The van der Waals surface area contributed by atoms with Crippen molar-refractivity contribution in [1.29, 1.82) is 0 Å². The molecule has 2 aromatic rings. The fourth-order valence-corrected chi connectivity index (χ4v) is 5.39. The lowest BCUT2D eigenvalue weighted by Crippen LogP contribution is -2.50. The van der Waals surface area contributed by atoms with Gasteiger partial charge in [0.05, 0.1) is 5.41 Å². The molecule has 0 spiro atoms. The number of primary amides is 1. The zero-order valence-corrected chi connectivity index (χ0v) is 19.3. The summed E-state index contributed by atoms with van der Waals surface area (Å²) >= 11 is 0. The predicted molar refractivity (Wildman–Crippen MR) is 128 cm³/mol. The highest BCUT2D eigenvalue weighted by Crippen LogP contribution is 2.38. The lowest BCUT2D eigenvalue weighted by atomic mass is 9.71. The van der Waals surface area contributed by atoms with Gasteiger partial charge in [-0.2, -0.15) is 0 Å². The molecule has 2 aliphatic rings. The molecule has 2 saturated heterocycles. The van der Waals surface area contributed by atoms with Gasteiger partial charge in [-0.05, 0) is 55.4 Å². The van der Waals surface area contributed by atoms with Gasteiger partial charge in [0, 0.05) is 44.6 Å². The summed E-state index contributed by atoms with van der Waals surface area (Å²) in [5, 5.41) is 0. The quantitative estimate of drug-likeness (QED) is 0.763. The monoisotopic (exact) mass is 447 g/mol. The van der Waals surface area contributed by atoms with Gasteiger partial charge in [0.1, 0.15) is 0 Å². The molecular weight excluding hydrogens is 414 g/mol. The van der Waals surface area contributed by atoms with Gasteiger partial charge in [-0.25, -0.2) is 0 Å². The summed E-state index contributed by atoms with van der Waals surface area (Å²) in [6, 6.07) is 17.5. The van der Waals surface area contributed by atoms with E-state index in [1.165, 1.54) is 5.56 Å². The van der Waals surface area contributed by atoms with E-state index in [0.29, 0.717) is 37.9 Å². The van der Waals surface area contributed by atoms with E-state index in [1.54, 1.807) is 6.92 Å². The van der Waals surface area contributed by atoms with Crippen LogP contribution < -0.4 is 5.73 Å². The first kappa shape index (κ1) is 23.0. The van der Waals surface area contributed by atoms with Crippen molar-refractivity contribution in [3.8, 4) is 0 Å². The van der Waals surface area contributed by atoms with Crippen LogP contribution >= 0.6 is 0 Å². The highest BCUT2D eigenvalue weighted by molar-refractivity contribution is 5.94. The van der Waals surface area contributed by atoms with Crippen LogP contribution in [0.25, 0.3) is 0 Å². The second-order valence-electron chi connectivity index (χ2n) is 9.48. The van der Waals surface area contributed by atoms with E-state index >= 15 is 0 Å². The Balaban J connectivity index is 1.51. The lowest BCUT2D eigenvalue weighted by molar-refractivity contribution is -0.130. The Labute approximate surface area is 195 Å². The molecule has 1 unspecified atom stereocenters. The lowest BCUT2D eigenvalue weighted by Gasteiger charge is -2.41. The van der Waals surface area contributed by atoms with Gasteiger partial charge >= 0.3 is 0 Å². The fraction of sp³-hybridized carbons (Fsp3) is 0.444. The van der Waals surface area contributed by atoms with Crippen molar-refractivity contribution in [3.63, 3.8) is 0 Å². The Morgan fingerprint density at radius 2 is 1.61 bits per heavy atom. The molecule has 33 heavy (non-hydrogen) atoms. The number of nitrogens with two attached hydrogens (primary N) is 1. The molecule has 2 aliphatic heterocycles. The first-order chi connectivity index (χ1) is 15.9. The van der Waals surface area contributed by atoms with Crippen LogP contribution in [0.5, 0.6) is 0 Å². The van der Waals surface area contributed by atoms with Gasteiger partial charge in [0.2, 0.25) is 11.8 Å². The topological polar surface area (TPSA) is 83.7 Å². The Morgan fingerprint density at radius 3 is 2.27 bits per heavy atom. The maximum absolute atomic E-state index is 12.9. The highest BCUT2D eigenvalue weighted by Gasteiger charge is 2.42. The van der Waals surface area contributed by atoms with Crippen molar-refractivity contribution in [3.05, 3.63) is 71.3 Å². The third kappa shape index (κ3) is 4.95. The van der Waals surface area contributed by atoms with E-state index in [2.05, 4.69) is 12.1 Å². The molecule has 6 heteroatoms. The third-order valence-electron chi connectivity index (χ3n) is 7.44. The van der Waals surface area contributed by atoms with Crippen LogP contribution in [-0.2, 0) is 16.0 Å². The SMILES string of the molecule is CC(=O)N1CCCC(c2ccccc2CC2(C(N)=O)CCN(C(=O)c3ccccc3)CC2)C1. The number of hydrogen-bond donors (Lipinski definition) is 1. The summed E-state index contributed by atoms with van der Waals surface area (Å²) in [5.74, 6) is 0.0866. The van der Waals surface area contributed by atoms with Crippen LogP contribution in [0.15, 0.2) is 54.6 Å². The number of rotatable bonds is 5. The van der Waals surface area contributed by atoms with Gasteiger partial charge < -0.3 is 15.5 Å². The normalized spacial score (nSPS) is 20.3. The molecule has 1 atom stereocenters. The summed E-state index contributed by atoms with van der Waals surface area (Å²) in [6.07, 6.45) is 3.70. The second kappa shape index (κ2) is 9.77. The highest BCUT2D eigenvalue weighted by atomic mass is 16.2. The van der Waals surface area contributed by atoms with Crippen molar-refractivity contribution >= 4 is 17.7 Å². The van der Waals surface area contributed by atoms with E-state index in [1.807, 2.05) is 52.3 Å². The van der Waals surface area contributed by atoms with E-state index in [-0.39, 0.29) is 23.6 Å². The summed E-state index contributed by atoms with van der Waals surface area (Å²) in [6.45, 7) is 4.18. The number of hydrogen-bond acceptors (Lipinski definition) is 3. The fourth-order valence-electron chi connectivity index (χ4n) is 5.39. The van der Waals surface area contributed by atoms with E-state index in [0.717, 1.165) is 31.5 Å². The Kier molecular flexibility index (Phi) is 6.82.